The first-order valence-electron chi connectivity index (χ1n) is 5.66. The van der Waals surface area contributed by atoms with Gasteiger partial charge in [0.15, 0.2) is 0 Å². The van der Waals surface area contributed by atoms with Gasteiger partial charge in [-0.3, -0.25) is 0 Å². The highest BCUT2D eigenvalue weighted by molar-refractivity contribution is 9.10. The predicted octanol–water partition coefficient (Wildman–Crippen LogP) is 3.97. The first-order valence-corrected chi connectivity index (χ1v) is 6.46. The Morgan fingerprint density at radius 2 is 1.76 bits per heavy atom. The average Bonchev–Trinajstić information content (AvgIpc) is 2.29. The topological polar surface area (TPSA) is 22.1 Å². The van der Waals surface area contributed by atoms with Crippen LogP contribution in [0.1, 0.15) is 18.1 Å². The Labute approximate surface area is 109 Å². The van der Waals surface area contributed by atoms with Crippen molar-refractivity contribution in [3.05, 3.63) is 52.8 Å². The van der Waals surface area contributed by atoms with Crippen LogP contribution in [0.15, 0.2) is 47.2 Å². The second-order valence-corrected chi connectivity index (χ2v) is 4.95. The van der Waals surface area contributed by atoms with Gasteiger partial charge in [0.25, 0.3) is 0 Å². The summed E-state index contributed by atoms with van der Waals surface area (Å²) >= 11 is 3.34. The fourth-order valence-corrected chi connectivity index (χ4v) is 2.17. The molecule has 1 saturated heterocycles. The maximum atomic E-state index is 5.46. The molecule has 0 spiro atoms. The number of aromatic nitrogens is 1. The molecule has 0 amide bonds. The molecule has 2 heterocycles. The zero-order chi connectivity index (χ0) is 11.7. The van der Waals surface area contributed by atoms with Crippen LogP contribution in [0.3, 0.4) is 0 Å². The zero-order valence-electron chi connectivity index (χ0n) is 9.27. The number of ether oxygens (including phenoxy) is 1. The van der Waals surface area contributed by atoms with E-state index in [0.29, 0.717) is 6.10 Å². The number of nitrogens with zero attached hydrogens (tertiary/aromatic N) is 1. The molecule has 86 valence electrons. The molecule has 2 aromatic rings. The normalized spacial score (nSPS) is 18.8. The van der Waals surface area contributed by atoms with E-state index in [1.165, 1.54) is 11.1 Å². The minimum atomic E-state index is 0.312. The fourth-order valence-electron chi connectivity index (χ4n) is 1.94. The van der Waals surface area contributed by atoms with Gasteiger partial charge >= 0.3 is 0 Å². The third kappa shape index (κ3) is 2.26. The summed E-state index contributed by atoms with van der Waals surface area (Å²) in [5, 5.41) is 0. The van der Waals surface area contributed by atoms with Gasteiger partial charge in [0.1, 0.15) is 4.60 Å². The van der Waals surface area contributed by atoms with Gasteiger partial charge in [-0.15, -0.1) is 0 Å². The van der Waals surface area contributed by atoms with Crippen LogP contribution in [-0.4, -0.2) is 11.6 Å². The Morgan fingerprint density at radius 1 is 1.06 bits per heavy atom. The van der Waals surface area contributed by atoms with Crippen LogP contribution in [-0.2, 0) is 4.74 Å². The highest BCUT2D eigenvalue weighted by atomic mass is 79.9. The van der Waals surface area contributed by atoms with Crippen molar-refractivity contribution < 1.29 is 4.74 Å². The van der Waals surface area contributed by atoms with E-state index in [2.05, 4.69) is 51.2 Å². The van der Waals surface area contributed by atoms with E-state index in [1.54, 1.807) is 0 Å². The van der Waals surface area contributed by atoms with Gasteiger partial charge in [-0.05, 0) is 33.1 Å². The Hall–Kier alpha value is -1.19. The minimum absolute atomic E-state index is 0.312. The van der Waals surface area contributed by atoms with Crippen molar-refractivity contribution in [2.45, 2.75) is 12.5 Å². The van der Waals surface area contributed by atoms with E-state index in [9.17, 15) is 0 Å². The molecule has 3 heteroatoms. The molecule has 3 rings (SSSR count). The maximum Gasteiger partial charge on any atom is 0.106 e. The van der Waals surface area contributed by atoms with E-state index in [0.717, 1.165) is 23.2 Å². The molecule has 1 aromatic carbocycles. The molecule has 0 aliphatic carbocycles. The van der Waals surface area contributed by atoms with Gasteiger partial charge in [-0.1, -0.05) is 30.3 Å². The van der Waals surface area contributed by atoms with Crippen molar-refractivity contribution in [2.75, 3.05) is 6.61 Å². The number of pyridine rings is 1. The maximum absolute atomic E-state index is 5.46. The van der Waals surface area contributed by atoms with Crippen LogP contribution in [0.2, 0.25) is 0 Å². The Kier molecular flexibility index (Phi) is 2.95. The van der Waals surface area contributed by atoms with Crippen LogP contribution < -0.4 is 0 Å². The zero-order valence-corrected chi connectivity index (χ0v) is 10.9. The summed E-state index contributed by atoms with van der Waals surface area (Å²) in [7, 11) is 0. The lowest BCUT2D eigenvalue weighted by Crippen LogP contribution is -2.17. The fraction of sp³-hybridized carbons (Fsp3) is 0.214. The largest absolute Gasteiger partial charge is 0.373 e. The smallest absolute Gasteiger partial charge is 0.106 e. The van der Waals surface area contributed by atoms with Gasteiger partial charge in [-0.25, -0.2) is 4.98 Å². The molecule has 1 atom stereocenters. The quantitative estimate of drug-likeness (QED) is 0.781. The highest BCUT2D eigenvalue weighted by Gasteiger charge is 2.19. The molecular weight excluding hydrogens is 278 g/mol. The van der Waals surface area contributed by atoms with Gasteiger partial charge in [-0.2, -0.15) is 0 Å². The molecule has 1 fully saturated rings. The summed E-state index contributed by atoms with van der Waals surface area (Å²) in [4.78, 5) is 4.23. The summed E-state index contributed by atoms with van der Waals surface area (Å²) in [6.07, 6.45) is 3.32. The SMILES string of the molecule is Brc1ccc(-c2ccc(C3CCO3)cc2)cn1. The molecule has 2 nitrogen and oxygen atoms in total. The van der Waals surface area contributed by atoms with Crippen LogP contribution in [0.5, 0.6) is 0 Å². The summed E-state index contributed by atoms with van der Waals surface area (Å²) in [5.74, 6) is 0. The monoisotopic (exact) mass is 289 g/mol. The average molecular weight is 290 g/mol. The number of benzene rings is 1. The molecule has 1 aliphatic heterocycles. The third-order valence-corrected chi connectivity index (χ3v) is 3.51. The van der Waals surface area contributed by atoms with Gasteiger partial charge in [0, 0.05) is 18.2 Å². The Balaban J connectivity index is 1.86. The summed E-state index contributed by atoms with van der Waals surface area (Å²) < 4.78 is 6.32. The molecule has 1 unspecified atom stereocenters. The van der Waals surface area contributed by atoms with Crippen molar-refractivity contribution in [1.29, 1.82) is 0 Å². The van der Waals surface area contributed by atoms with E-state index < -0.39 is 0 Å². The van der Waals surface area contributed by atoms with E-state index >= 15 is 0 Å². The molecule has 1 aliphatic rings. The van der Waals surface area contributed by atoms with Gasteiger partial charge in [0.2, 0.25) is 0 Å². The Morgan fingerprint density at radius 3 is 2.29 bits per heavy atom. The number of hydrogen-bond acceptors (Lipinski definition) is 2. The first kappa shape index (κ1) is 10.9. The molecular formula is C14H12BrNO. The standard InChI is InChI=1S/C14H12BrNO/c15-14-6-5-12(9-16-14)10-1-3-11(4-2-10)13-7-8-17-13/h1-6,9,13H,7-8H2. The van der Waals surface area contributed by atoms with E-state index in [4.69, 9.17) is 4.74 Å². The lowest BCUT2D eigenvalue weighted by Gasteiger charge is -2.26. The summed E-state index contributed by atoms with van der Waals surface area (Å²) in [6.45, 7) is 0.892. The van der Waals surface area contributed by atoms with Crippen LogP contribution in [0, 0.1) is 0 Å². The van der Waals surface area contributed by atoms with Crippen molar-refractivity contribution >= 4 is 15.9 Å². The minimum Gasteiger partial charge on any atom is -0.373 e. The molecule has 0 saturated carbocycles. The molecule has 0 N–H and O–H groups in total. The molecule has 17 heavy (non-hydrogen) atoms. The number of hydrogen-bond donors (Lipinski definition) is 0. The third-order valence-electron chi connectivity index (χ3n) is 3.04. The van der Waals surface area contributed by atoms with Crippen LogP contribution in [0.4, 0.5) is 0 Å². The van der Waals surface area contributed by atoms with Crippen molar-refractivity contribution in [3.63, 3.8) is 0 Å². The lowest BCUT2D eigenvalue weighted by molar-refractivity contribution is -0.0527. The van der Waals surface area contributed by atoms with Crippen molar-refractivity contribution in [3.8, 4) is 11.1 Å². The number of rotatable bonds is 2. The van der Waals surface area contributed by atoms with Gasteiger partial charge in [0.05, 0.1) is 12.7 Å². The van der Waals surface area contributed by atoms with Crippen LogP contribution >= 0.6 is 15.9 Å². The molecule has 0 bridgehead atoms. The van der Waals surface area contributed by atoms with Crippen molar-refractivity contribution in [1.82, 2.24) is 4.98 Å². The van der Waals surface area contributed by atoms with E-state index in [-0.39, 0.29) is 0 Å². The van der Waals surface area contributed by atoms with E-state index in [1.807, 2.05) is 12.3 Å². The van der Waals surface area contributed by atoms with Crippen molar-refractivity contribution in [2.24, 2.45) is 0 Å². The number of halogens is 1. The molecule has 1 aromatic heterocycles. The van der Waals surface area contributed by atoms with Gasteiger partial charge < -0.3 is 4.74 Å². The molecule has 0 radical (unpaired) electrons. The Bertz CT molecular complexity index is 503. The second-order valence-electron chi connectivity index (χ2n) is 4.14. The summed E-state index contributed by atoms with van der Waals surface area (Å²) in [6, 6.07) is 12.6. The second kappa shape index (κ2) is 4.59. The lowest BCUT2D eigenvalue weighted by atomic mass is 10.00. The highest BCUT2D eigenvalue weighted by Crippen LogP contribution is 2.30. The summed E-state index contributed by atoms with van der Waals surface area (Å²) in [5.41, 5.74) is 3.59. The first-order chi connectivity index (χ1) is 8.33. The predicted molar refractivity (Wildman–Crippen MR) is 70.7 cm³/mol. The van der Waals surface area contributed by atoms with Crippen LogP contribution in [0.25, 0.3) is 11.1 Å².